The van der Waals surface area contributed by atoms with Crippen molar-refractivity contribution in [1.29, 1.82) is 0 Å². The number of nitrogens with one attached hydrogen (secondary N) is 1. The first kappa shape index (κ1) is 17.1. The molecular weight excluding hydrogens is 340 g/mol. The predicted molar refractivity (Wildman–Crippen MR) is 106 cm³/mol. The van der Waals surface area contributed by atoms with E-state index in [0.717, 1.165) is 22.1 Å². The molecule has 3 aromatic carbocycles. The van der Waals surface area contributed by atoms with E-state index in [0.29, 0.717) is 12.3 Å². The highest BCUT2D eigenvalue weighted by atomic mass is 16.5. The van der Waals surface area contributed by atoms with Crippen LogP contribution in [0.15, 0.2) is 66.7 Å². The van der Waals surface area contributed by atoms with Crippen LogP contribution in [-0.4, -0.2) is 25.5 Å². The summed E-state index contributed by atoms with van der Waals surface area (Å²) < 4.78 is 5.22. The van der Waals surface area contributed by atoms with Crippen LogP contribution in [0.2, 0.25) is 0 Å². The van der Waals surface area contributed by atoms with Crippen molar-refractivity contribution in [1.82, 2.24) is 0 Å². The molecule has 0 unspecified atom stereocenters. The van der Waals surface area contributed by atoms with Gasteiger partial charge in [0.15, 0.2) is 0 Å². The zero-order valence-electron chi connectivity index (χ0n) is 15.0. The molecule has 1 atom stereocenters. The van der Waals surface area contributed by atoms with Crippen LogP contribution in [0.1, 0.15) is 6.42 Å². The zero-order chi connectivity index (χ0) is 18.8. The Morgan fingerprint density at radius 1 is 1.04 bits per heavy atom. The van der Waals surface area contributed by atoms with Gasteiger partial charge in [-0.15, -0.1) is 0 Å². The van der Waals surface area contributed by atoms with E-state index < -0.39 is 0 Å². The van der Waals surface area contributed by atoms with Gasteiger partial charge in [-0.1, -0.05) is 36.4 Å². The SMILES string of the molecule is COc1cccc(N2C[C@@H](C(=O)Nc3ccc4ccccc4c3)CC2=O)c1. The fourth-order valence-corrected chi connectivity index (χ4v) is 3.42. The molecule has 136 valence electrons. The molecule has 0 spiro atoms. The number of fused-ring (bicyclic) bond motifs is 1. The van der Waals surface area contributed by atoms with Crippen molar-refractivity contribution in [2.24, 2.45) is 5.92 Å². The third-order valence-electron chi connectivity index (χ3n) is 4.88. The molecule has 1 N–H and O–H groups in total. The van der Waals surface area contributed by atoms with E-state index in [-0.39, 0.29) is 24.2 Å². The van der Waals surface area contributed by atoms with Crippen LogP contribution in [0.25, 0.3) is 10.8 Å². The Hall–Kier alpha value is -3.34. The number of carbonyl (C=O) groups excluding carboxylic acids is 2. The highest BCUT2D eigenvalue weighted by molar-refractivity contribution is 6.04. The number of rotatable bonds is 4. The number of carbonyl (C=O) groups is 2. The molecule has 5 heteroatoms. The minimum absolute atomic E-state index is 0.0538. The van der Waals surface area contributed by atoms with E-state index >= 15 is 0 Å². The molecule has 0 bridgehead atoms. The fraction of sp³-hybridized carbons (Fsp3) is 0.182. The van der Waals surface area contributed by atoms with Gasteiger partial charge in [-0.2, -0.15) is 0 Å². The van der Waals surface area contributed by atoms with E-state index in [1.807, 2.05) is 66.7 Å². The highest BCUT2D eigenvalue weighted by Crippen LogP contribution is 2.29. The normalized spacial score (nSPS) is 16.6. The van der Waals surface area contributed by atoms with E-state index in [2.05, 4.69) is 5.32 Å². The average molecular weight is 360 g/mol. The molecular formula is C22H20N2O3. The summed E-state index contributed by atoms with van der Waals surface area (Å²) in [5, 5.41) is 5.14. The molecule has 5 nitrogen and oxygen atoms in total. The lowest BCUT2D eigenvalue weighted by Crippen LogP contribution is -2.28. The van der Waals surface area contributed by atoms with Crippen LogP contribution >= 0.6 is 0 Å². The summed E-state index contributed by atoms with van der Waals surface area (Å²) in [5.41, 5.74) is 1.49. The van der Waals surface area contributed by atoms with Crippen LogP contribution in [0, 0.1) is 5.92 Å². The lowest BCUT2D eigenvalue weighted by atomic mass is 10.1. The number of hydrogen-bond donors (Lipinski definition) is 1. The second kappa shape index (κ2) is 7.11. The van der Waals surface area contributed by atoms with Crippen molar-refractivity contribution in [2.45, 2.75) is 6.42 Å². The number of hydrogen-bond acceptors (Lipinski definition) is 3. The minimum atomic E-state index is -0.379. The lowest BCUT2D eigenvalue weighted by molar-refractivity contribution is -0.122. The number of anilines is 2. The number of ether oxygens (including phenoxy) is 1. The third-order valence-corrected chi connectivity index (χ3v) is 4.88. The first-order valence-electron chi connectivity index (χ1n) is 8.88. The Bertz CT molecular complexity index is 1020. The van der Waals surface area contributed by atoms with Crippen molar-refractivity contribution in [3.8, 4) is 5.75 Å². The highest BCUT2D eigenvalue weighted by Gasteiger charge is 2.35. The summed E-state index contributed by atoms with van der Waals surface area (Å²) in [7, 11) is 1.59. The van der Waals surface area contributed by atoms with Gasteiger partial charge in [-0.25, -0.2) is 0 Å². The van der Waals surface area contributed by atoms with Crippen LogP contribution < -0.4 is 15.0 Å². The van der Waals surface area contributed by atoms with Gasteiger partial charge < -0.3 is 15.0 Å². The molecule has 1 aliphatic rings. The summed E-state index contributed by atoms with van der Waals surface area (Å²) in [6.45, 7) is 0.366. The maximum absolute atomic E-state index is 12.7. The lowest BCUT2D eigenvalue weighted by Gasteiger charge is -2.17. The van der Waals surface area contributed by atoms with Crippen molar-refractivity contribution in [3.63, 3.8) is 0 Å². The first-order valence-corrected chi connectivity index (χ1v) is 8.88. The summed E-state index contributed by atoms with van der Waals surface area (Å²) in [5.74, 6) is 0.116. The molecule has 1 saturated heterocycles. The summed E-state index contributed by atoms with van der Waals surface area (Å²) in [6, 6.07) is 21.1. The molecule has 3 aromatic rings. The monoisotopic (exact) mass is 360 g/mol. The molecule has 0 radical (unpaired) electrons. The van der Waals surface area contributed by atoms with Crippen LogP contribution in [0.5, 0.6) is 5.75 Å². The Labute approximate surface area is 157 Å². The largest absolute Gasteiger partial charge is 0.497 e. The zero-order valence-corrected chi connectivity index (χ0v) is 15.0. The molecule has 0 saturated carbocycles. The Kier molecular flexibility index (Phi) is 4.50. The van der Waals surface area contributed by atoms with Crippen molar-refractivity contribution >= 4 is 34.0 Å². The van der Waals surface area contributed by atoms with Gasteiger partial charge in [0, 0.05) is 30.4 Å². The van der Waals surface area contributed by atoms with E-state index in [9.17, 15) is 9.59 Å². The molecule has 1 fully saturated rings. The first-order chi connectivity index (χ1) is 13.1. The minimum Gasteiger partial charge on any atom is -0.497 e. The molecule has 0 aromatic heterocycles. The summed E-state index contributed by atoms with van der Waals surface area (Å²) >= 11 is 0. The van der Waals surface area contributed by atoms with Crippen LogP contribution in [-0.2, 0) is 9.59 Å². The standard InChI is InChI=1S/C22H20N2O3/c1-27-20-8-4-7-19(13-20)24-14-17(12-21(24)25)22(26)23-18-10-9-15-5-2-3-6-16(15)11-18/h2-11,13,17H,12,14H2,1H3,(H,23,26)/t17-/m0/s1. The van der Waals surface area contributed by atoms with Gasteiger partial charge in [-0.05, 0) is 35.0 Å². The maximum atomic E-state index is 12.7. The Morgan fingerprint density at radius 2 is 1.85 bits per heavy atom. The fourth-order valence-electron chi connectivity index (χ4n) is 3.42. The van der Waals surface area contributed by atoms with Gasteiger partial charge in [0.2, 0.25) is 11.8 Å². The second-order valence-electron chi connectivity index (χ2n) is 6.66. The number of amides is 2. The van der Waals surface area contributed by atoms with Gasteiger partial charge in [0.25, 0.3) is 0 Å². The summed E-state index contributed by atoms with van der Waals surface area (Å²) in [6.07, 6.45) is 0.205. The van der Waals surface area contributed by atoms with Crippen molar-refractivity contribution in [3.05, 3.63) is 66.7 Å². The molecule has 0 aliphatic carbocycles. The summed E-state index contributed by atoms with van der Waals surface area (Å²) in [4.78, 5) is 26.7. The molecule has 1 heterocycles. The van der Waals surface area contributed by atoms with Gasteiger partial charge in [0.05, 0.1) is 13.0 Å². The molecule has 1 aliphatic heterocycles. The van der Waals surface area contributed by atoms with E-state index in [1.54, 1.807) is 12.0 Å². The number of benzene rings is 3. The van der Waals surface area contributed by atoms with Gasteiger partial charge in [0.1, 0.15) is 5.75 Å². The Morgan fingerprint density at radius 3 is 2.67 bits per heavy atom. The quantitative estimate of drug-likeness (QED) is 0.769. The Balaban J connectivity index is 1.48. The van der Waals surface area contributed by atoms with Crippen molar-refractivity contribution in [2.75, 3.05) is 23.9 Å². The average Bonchev–Trinajstić information content (AvgIpc) is 3.10. The third kappa shape index (κ3) is 3.49. The van der Waals surface area contributed by atoms with E-state index in [1.165, 1.54) is 0 Å². The van der Waals surface area contributed by atoms with Crippen LogP contribution in [0.4, 0.5) is 11.4 Å². The molecule has 27 heavy (non-hydrogen) atoms. The molecule has 4 rings (SSSR count). The predicted octanol–water partition coefficient (Wildman–Crippen LogP) is 3.84. The topological polar surface area (TPSA) is 58.6 Å². The maximum Gasteiger partial charge on any atom is 0.229 e. The second-order valence-corrected chi connectivity index (χ2v) is 6.66. The van der Waals surface area contributed by atoms with Crippen LogP contribution in [0.3, 0.4) is 0 Å². The van der Waals surface area contributed by atoms with Gasteiger partial charge >= 0.3 is 0 Å². The number of nitrogens with zero attached hydrogens (tertiary/aromatic N) is 1. The molecule has 2 amide bonds. The van der Waals surface area contributed by atoms with E-state index in [4.69, 9.17) is 4.74 Å². The van der Waals surface area contributed by atoms with Gasteiger partial charge in [-0.3, -0.25) is 9.59 Å². The van der Waals surface area contributed by atoms with Crippen molar-refractivity contribution < 1.29 is 14.3 Å². The smallest absolute Gasteiger partial charge is 0.229 e. The number of methoxy groups -OCH3 is 1.